The van der Waals surface area contributed by atoms with Crippen molar-refractivity contribution in [3.63, 3.8) is 0 Å². The molecule has 4 nitrogen and oxygen atoms in total. The van der Waals surface area contributed by atoms with Gasteiger partial charge in [0.15, 0.2) is 5.78 Å². The van der Waals surface area contributed by atoms with E-state index in [4.69, 9.17) is 16.3 Å². The van der Waals surface area contributed by atoms with E-state index < -0.39 is 0 Å². The first kappa shape index (κ1) is 13.6. The van der Waals surface area contributed by atoms with Crippen molar-refractivity contribution >= 4 is 17.4 Å². The maximum absolute atomic E-state index is 12.4. The van der Waals surface area contributed by atoms with Crippen LogP contribution in [-0.4, -0.2) is 22.7 Å². The molecule has 0 spiro atoms. The predicted octanol–water partition coefficient (Wildman–Crippen LogP) is 3.19. The van der Waals surface area contributed by atoms with Crippen molar-refractivity contribution in [2.45, 2.75) is 19.9 Å². The molecule has 100 valence electrons. The van der Waals surface area contributed by atoms with E-state index >= 15 is 0 Å². The summed E-state index contributed by atoms with van der Waals surface area (Å²) >= 11 is 5.88. The molecule has 1 aromatic carbocycles. The molecule has 5 heteroatoms. The zero-order chi connectivity index (χ0) is 13.8. The molecule has 0 unspecified atom stereocenters. The number of aryl methyl sites for hydroxylation is 1. The molecule has 1 heterocycles. The Morgan fingerprint density at radius 3 is 2.95 bits per heavy atom. The molecule has 2 rings (SSSR count). The van der Waals surface area contributed by atoms with Crippen LogP contribution in [0, 0.1) is 0 Å². The fourth-order valence-corrected chi connectivity index (χ4v) is 2.00. The van der Waals surface area contributed by atoms with E-state index in [1.54, 1.807) is 35.3 Å². The second-order valence-corrected chi connectivity index (χ2v) is 4.60. The maximum Gasteiger partial charge on any atom is 0.199 e. The van der Waals surface area contributed by atoms with E-state index in [9.17, 15) is 4.79 Å². The maximum atomic E-state index is 12.4. The third-order valence-electron chi connectivity index (χ3n) is 2.76. The van der Waals surface area contributed by atoms with Gasteiger partial charge in [0, 0.05) is 17.8 Å². The Labute approximate surface area is 116 Å². The Kier molecular flexibility index (Phi) is 4.22. The van der Waals surface area contributed by atoms with Crippen LogP contribution in [0.25, 0.3) is 0 Å². The number of methoxy groups -OCH3 is 1. The van der Waals surface area contributed by atoms with Gasteiger partial charge in [0.2, 0.25) is 0 Å². The zero-order valence-corrected chi connectivity index (χ0v) is 11.6. The smallest absolute Gasteiger partial charge is 0.199 e. The summed E-state index contributed by atoms with van der Waals surface area (Å²) < 4.78 is 6.95. The molecular weight excluding hydrogens is 264 g/mol. The first-order chi connectivity index (χ1) is 9.15. The number of aromatic nitrogens is 2. The van der Waals surface area contributed by atoms with Crippen LogP contribution < -0.4 is 4.74 Å². The largest absolute Gasteiger partial charge is 0.496 e. The first-order valence-electron chi connectivity index (χ1n) is 6.06. The Morgan fingerprint density at radius 1 is 1.47 bits per heavy atom. The van der Waals surface area contributed by atoms with Gasteiger partial charge >= 0.3 is 0 Å². The number of carbonyl (C=O) groups is 1. The van der Waals surface area contributed by atoms with Crippen LogP contribution >= 0.6 is 11.6 Å². The highest BCUT2D eigenvalue weighted by Crippen LogP contribution is 2.25. The molecule has 19 heavy (non-hydrogen) atoms. The van der Waals surface area contributed by atoms with Crippen molar-refractivity contribution < 1.29 is 9.53 Å². The highest BCUT2D eigenvalue weighted by Gasteiger charge is 2.16. The monoisotopic (exact) mass is 278 g/mol. The standard InChI is InChI=1S/C14H15ClN2O2/c1-3-6-17-9-10(8-16-17)14(18)12-5-4-11(15)7-13(12)19-2/h4-5,7-9H,3,6H2,1-2H3. The van der Waals surface area contributed by atoms with E-state index in [2.05, 4.69) is 12.0 Å². The van der Waals surface area contributed by atoms with E-state index in [1.807, 2.05) is 0 Å². The number of rotatable bonds is 5. The number of ether oxygens (including phenoxy) is 1. The lowest BCUT2D eigenvalue weighted by atomic mass is 10.1. The Bertz CT molecular complexity index is 593. The topological polar surface area (TPSA) is 44.1 Å². The van der Waals surface area contributed by atoms with Crippen LogP contribution in [0.2, 0.25) is 5.02 Å². The number of halogens is 1. The fourth-order valence-electron chi connectivity index (χ4n) is 1.84. The zero-order valence-electron chi connectivity index (χ0n) is 10.9. The summed E-state index contributed by atoms with van der Waals surface area (Å²) in [5, 5.41) is 4.69. The average Bonchev–Trinajstić information content (AvgIpc) is 2.87. The summed E-state index contributed by atoms with van der Waals surface area (Å²) in [7, 11) is 1.52. The highest BCUT2D eigenvalue weighted by molar-refractivity contribution is 6.31. The molecule has 0 aliphatic rings. The Hall–Kier alpha value is -1.81. The second-order valence-electron chi connectivity index (χ2n) is 4.17. The molecule has 0 saturated carbocycles. The minimum Gasteiger partial charge on any atom is -0.496 e. The number of hydrogen-bond acceptors (Lipinski definition) is 3. The number of hydrogen-bond donors (Lipinski definition) is 0. The van der Waals surface area contributed by atoms with E-state index in [0.29, 0.717) is 21.9 Å². The summed E-state index contributed by atoms with van der Waals surface area (Å²) in [5.41, 5.74) is 1.04. The minimum absolute atomic E-state index is 0.115. The summed E-state index contributed by atoms with van der Waals surface area (Å²) in [6, 6.07) is 4.97. The van der Waals surface area contributed by atoms with Gasteiger partial charge in [-0.15, -0.1) is 0 Å². The summed E-state index contributed by atoms with van der Waals surface area (Å²) in [5.74, 6) is 0.358. The molecule has 0 saturated heterocycles. The van der Waals surface area contributed by atoms with Crippen LogP contribution in [-0.2, 0) is 6.54 Å². The van der Waals surface area contributed by atoms with Gasteiger partial charge in [0.1, 0.15) is 5.75 Å². The Balaban J connectivity index is 2.32. The molecule has 0 aliphatic carbocycles. The average molecular weight is 279 g/mol. The summed E-state index contributed by atoms with van der Waals surface area (Å²) in [4.78, 5) is 12.4. The number of nitrogens with zero attached hydrogens (tertiary/aromatic N) is 2. The van der Waals surface area contributed by atoms with Gasteiger partial charge in [-0.1, -0.05) is 18.5 Å². The molecule has 0 aliphatic heterocycles. The number of carbonyl (C=O) groups excluding carboxylic acids is 1. The summed E-state index contributed by atoms with van der Waals surface area (Å²) in [6.45, 7) is 2.86. The minimum atomic E-state index is -0.115. The van der Waals surface area contributed by atoms with Crippen molar-refractivity contribution in [2.75, 3.05) is 7.11 Å². The van der Waals surface area contributed by atoms with Gasteiger partial charge in [-0.25, -0.2) is 0 Å². The third kappa shape index (κ3) is 2.96. The van der Waals surface area contributed by atoms with Crippen molar-refractivity contribution in [3.8, 4) is 5.75 Å². The van der Waals surface area contributed by atoms with E-state index in [1.165, 1.54) is 7.11 Å². The molecule has 0 atom stereocenters. The van der Waals surface area contributed by atoms with E-state index in [-0.39, 0.29) is 5.78 Å². The molecule has 2 aromatic rings. The van der Waals surface area contributed by atoms with Crippen molar-refractivity contribution in [3.05, 3.63) is 46.7 Å². The van der Waals surface area contributed by atoms with E-state index in [0.717, 1.165) is 13.0 Å². The summed E-state index contributed by atoms with van der Waals surface area (Å²) in [6.07, 6.45) is 4.30. The van der Waals surface area contributed by atoms with Crippen LogP contribution in [0.5, 0.6) is 5.75 Å². The molecular formula is C14H15ClN2O2. The fraction of sp³-hybridized carbons (Fsp3) is 0.286. The second kappa shape index (κ2) is 5.89. The van der Waals surface area contributed by atoms with Gasteiger partial charge < -0.3 is 4.74 Å². The highest BCUT2D eigenvalue weighted by atomic mass is 35.5. The molecule has 0 bridgehead atoms. The van der Waals surface area contributed by atoms with Crippen LogP contribution in [0.1, 0.15) is 29.3 Å². The van der Waals surface area contributed by atoms with Crippen LogP contribution in [0.3, 0.4) is 0 Å². The van der Waals surface area contributed by atoms with Gasteiger partial charge in [0.05, 0.1) is 24.4 Å². The van der Waals surface area contributed by atoms with Gasteiger partial charge in [-0.2, -0.15) is 5.10 Å². The lowest BCUT2D eigenvalue weighted by molar-refractivity contribution is 0.103. The third-order valence-corrected chi connectivity index (χ3v) is 2.99. The quantitative estimate of drug-likeness (QED) is 0.789. The van der Waals surface area contributed by atoms with Crippen molar-refractivity contribution in [1.29, 1.82) is 0 Å². The predicted molar refractivity (Wildman–Crippen MR) is 74.0 cm³/mol. The molecule has 0 N–H and O–H groups in total. The lowest BCUT2D eigenvalue weighted by Crippen LogP contribution is -2.03. The molecule has 1 aromatic heterocycles. The van der Waals surface area contributed by atoms with Gasteiger partial charge in [0.25, 0.3) is 0 Å². The first-order valence-corrected chi connectivity index (χ1v) is 6.44. The van der Waals surface area contributed by atoms with Gasteiger partial charge in [-0.05, 0) is 24.6 Å². The lowest BCUT2D eigenvalue weighted by Gasteiger charge is -2.06. The molecule has 0 fully saturated rings. The SMILES string of the molecule is CCCn1cc(C(=O)c2ccc(Cl)cc2OC)cn1. The van der Waals surface area contributed by atoms with Crippen molar-refractivity contribution in [2.24, 2.45) is 0 Å². The number of ketones is 1. The normalized spacial score (nSPS) is 10.5. The van der Waals surface area contributed by atoms with Crippen molar-refractivity contribution in [1.82, 2.24) is 9.78 Å². The number of benzene rings is 1. The molecule has 0 amide bonds. The van der Waals surface area contributed by atoms with Gasteiger partial charge in [-0.3, -0.25) is 9.48 Å². The Morgan fingerprint density at radius 2 is 2.26 bits per heavy atom. The van der Waals surface area contributed by atoms with Crippen LogP contribution in [0.15, 0.2) is 30.6 Å². The molecule has 0 radical (unpaired) electrons. The van der Waals surface area contributed by atoms with Crippen LogP contribution in [0.4, 0.5) is 0 Å².